The largest absolute Gasteiger partial charge is 0.469 e. The van der Waals surface area contributed by atoms with Crippen LogP contribution in [0.2, 0.25) is 0 Å². The van der Waals surface area contributed by atoms with Crippen LogP contribution in [0.1, 0.15) is 28.1 Å². The fourth-order valence-electron chi connectivity index (χ4n) is 3.09. The number of ether oxygens (including phenoxy) is 1. The topological polar surface area (TPSA) is 46.6 Å². The van der Waals surface area contributed by atoms with Crippen LogP contribution in [-0.4, -0.2) is 37.0 Å². The summed E-state index contributed by atoms with van der Waals surface area (Å²) in [6.07, 6.45) is 1.22. The first-order valence-corrected chi connectivity index (χ1v) is 8.39. The number of thiophene rings is 1. The Morgan fingerprint density at radius 3 is 2.61 bits per heavy atom. The van der Waals surface area contributed by atoms with E-state index in [-0.39, 0.29) is 23.6 Å². The summed E-state index contributed by atoms with van der Waals surface area (Å²) in [6.45, 7) is 2.83. The number of piperidine rings is 1. The molecule has 0 aliphatic carbocycles. The van der Waals surface area contributed by atoms with E-state index < -0.39 is 0 Å². The smallest absolute Gasteiger partial charge is 0.308 e. The van der Waals surface area contributed by atoms with E-state index in [9.17, 15) is 14.0 Å². The van der Waals surface area contributed by atoms with Crippen molar-refractivity contribution in [2.24, 2.45) is 5.92 Å². The van der Waals surface area contributed by atoms with Gasteiger partial charge in [0, 0.05) is 23.2 Å². The van der Waals surface area contributed by atoms with Crippen LogP contribution in [0.15, 0.2) is 18.2 Å². The predicted octanol–water partition coefficient (Wildman–Crippen LogP) is 3.37. The molecule has 0 saturated carbocycles. The molecule has 1 amide bonds. The Balaban J connectivity index is 1.81. The van der Waals surface area contributed by atoms with Crippen molar-refractivity contribution in [1.29, 1.82) is 0 Å². The number of nitrogens with zero attached hydrogens (tertiary/aromatic N) is 1. The summed E-state index contributed by atoms with van der Waals surface area (Å²) in [4.78, 5) is 26.6. The van der Waals surface area contributed by atoms with E-state index in [0.717, 1.165) is 4.70 Å². The van der Waals surface area contributed by atoms with Crippen molar-refractivity contribution in [3.05, 3.63) is 34.5 Å². The van der Waals surface area contributed by atoms with Crippen molar-refractivity contribution in [3.63, 3.8) is 0 Å². The molecule has 1 aromatic heterocycles. The average molecular weight is 335 g/mol. The van der Waals surface area contributed by atoms with E-state index >= 15 is 0 Å². The quantitative estimate of drug-likeness (QED) is 0.791. The lowest BCUT2D eigenvalue weighted by Gasteiger charge is -2.30. The van der Waals surface area contributed by atoms with Crippen molar-refractivity contribution in [2.75, 3.05) is 20.2 Å². The van der Waals surface area contributed by atoms with E-state index in [1.807, 2.05) is 6.07 Å². The minimum absolute atomic E-state index is 0.0774. The fraction of sp³-hybridized carbons (Fsp3) is 0.412. The molecule has 4 nitrogen and oxygen atoms in total. The Morgan fingerprint density at radius 1 is 1.30 bits per heavy atom. The third-order valence-electron chi connectivity index (χ3n) is 4.41. The summed E-state index contributed by atoms with van der Waals surface area (Å²) in [6, 6.07) is 4.90. The van der Waals surface area contributed by atoms with Crippen molar-refractivity contribution < 1.29 is 18.7 Å². The number of fused-ring (bicyclic) bond motifs is 1. The SMILES string of the molecule is COC(=O)C1CCN(C(=O)c2sc3cccc(F)c3c2C)CC1. The normalized spacial score (nSPS) is 15.9. The number of aryl methyl sites for hydroxylation is 1. The van der Waals surface area contributed by atoms with Crippen LogP contribution in [0.3, 0.4) is 0 Å². The highest BCUT2D eigenvalue weighted by atomic mass is 32.1. The van der Waals surface area contributed by atoms with Crippen LogP contribution in [0.25, 0.3) is 10.1 Å². The van der Waals surface area contributed by atoms with Crippen molar-refractivity contribution in [3.8, 4) is 0 Å². The highest BCUT2D eigenvalue weighted by molar-refractivity contribution is 7.21. The first-order chi connectivity index (χ1) is 11.0. The molecular weight excluding hydrogens is 317 g/mol. The molecule has 2 heterocycles. The van der Waals surface area contributed by atoms with Crippen LogP contribution in [0.5, 0.6) is 0 Å². The highest BCUT2D eigenvalue weighted by Crippen LogP contribution is 2.34. The van der Waals surface area contributed by atoms with E-state index in [1.165, 1.54) is 24.5 Å². The molecule has 1 fully saturated rings. The molecule has 0 bridgehead atoms. The maximum Gasteiger partial charge on any atom is 0.308 e. The zero-order valence-corrected chi connectivity index (χ0v) is 13.9. The van der Waals surface area contributed by atoms with Crippen LogP contribution in [-0.2, 0) is 9.53 Å². The van der Waals surface area contributed by atoms with Crippen LogP contribution >= 0.6 is 11.3 Å². The van der Waals surface area contributed by atoms with Gasteiger partial charge in [0.2, 0.25) is 0 Å². The summed E-state index contributed by atoms with van der Waals surface area (Å²) in [5, 5.41) is 0.533. The number of methoxy groups -OCH3 is 1. The predicted molar refractivity (Wildman–Crippen MR) is 87.2 cm³/mol. The molecule has 2 aromatic rings. The maximum atomic E-state index is 14.0. The van der Waals surface area contributed by atoms with E-state index in [0.29, 0.717) is 41.8 Å². The molecular formula is C17H18FNO3S. The van der Waals surface area contributed by atoms with Gasteiger partial charge in [-0.1, -0.05) is 6.07 Å². The molecule has 0 unspecified atom stereocenters. The molecule has 122 valence electrons. The van der Waals surface area contributed by atoms with Crippen molar-refractivity contribution in [2.45, 2.75) is 19.8 Å². The van der Waals surface area contributed by atoms with Gasteiger partial charge in [-0.15, -0.1) is 11.3 Å². The molecule has 0 spiro atoms. The van der Waals surface area contributed by atoms with Gasteiger partial charge >= 0.3 is 5.97 Å². The van der Waals surface area contributed by atoms with Gasteiger partial charge in [-0.05, 0) is 37.5 Å². The number of carbonyl (C=O) groups is 2. The van der Waals surface area contributed by atoms with Crippen molar-refractivity contribution >= 4 is 33.3 Å². The lowest BCUT2D eigenvalue weighted by molar-refractivity contribution is -0.146. The van der Waals surface area contributed by atoms with Gasteiger partial charge in [0.15, 0.2) is 0 Å². The number of rotatable bonds is 2. The summed E-state index contributed by atoms with van der Waals surface area (Å²) >= 11 is 1.33. The summed E-state index contributed by atoms with van der Waals surface area (Å²) in [7, 11) is 1.38. The molecule has 0 radical (unpaired) electrons. The van der Waals surface area contributed by atoms with Gasteiger partial charge < -0.3 is 9.64 Å². The van der Waals surface area contributed by atoms with E-state index in [1.54, 1.807) is 17.9 Å². The number of hydrogen-bond donors (Lipinski definition) is 0. The Hall–Kier alpha value is -1.95. The molecule has 0 atom stereocenters. The lowest BCUT2D eigenvalue weighted by Crippen LogP contribution is -2.40. The highest BCUT2D eigenvalue weighted by Gasteiger charge is 2.30. The van der Waals surface area contributed by atoms with E-state index in [4.69, 9.17) is 4.74 Å². The fourth-order valence-corrected chi connectivity index (χ4v) is 4.28. The first-order valence-electron chi connectivity index (χ1n) is 7.57. The standard InChI is InChI=1S/C17H18FNO3S/c1-10-14-12(18)4-3-5-13(14)23-15(10)16(20)19-8-6-11(7-9-19)17(21)22-2/h3-5,11H,6-9H2,1-2H3. The van der Waals surface area contributed by atoms with E-state index in [2.05, 4.69) is 0 Å². The third kappa shape index (κ3) is 2.83. The molecule has 1 aliphatic heterocycles. The van der Waals surface area contributed by atoms with Gasteiger partial charge in [0.1, 0.15) is 5.82 Å². The molecule has 6 heteroatoms. The second-order valence-corrected chi connectivity index (χ2v) is 6.81. The number of hydrogen-bond acceptors (Lipinski definition) is 4. The minimum atomic E-state index is -0.292. The minimum Gasteiger partial charge on any atom is -0.469 e. The maximum absolute atomic E-state index is 14.0. The molecule has 23 heavy (non-hydrogen) atoms. The van der Waals surface area contributed by atoms with Crippen LogP contribution in [0.4, 0.5) is 4.39 Å². The van der Waals surface area contributed by atoms with Gasteiger partial charge in [0.05, 0.1) is 17.9 Å². The monoisotopic (exact) mass is 335 g/mol. The zero-order chi connectivity index (χ0) is 16.6. The number of carbonyl (C=O) groups excluding carboxylic acids is 2. The molecule has 3 rings (SSSR count). The number of benzene rings is 1. The first kappa shape index (κ1) is 15.9. The Labute approximate surface area is 137 Å². The van der Waals surface area contributed by atoms with Gasteiger partial charge in [-0.25, -0.2) is 4.39 Å². The zero-order valence-electron chi connectivity index (χ0n) is 13.1. The van der Waals surface area contributed by atoms with Gasteiger partial charge in [0.25, 0.3) is 5.91 Å². The second-order valence-electron chi connectivity index (χ2n) is 5.76. The summed E-state index contributed by atoms with van der Waals surface area (Å²) in [5.74, 6) is -0.715. The Morgan fingerprint density at radius 2 is 2.00 bits per heavy atom. The number of amides is 1. The lowest BCUT2D eigenvalue weighted by atomic mass is 9.97. The van der Waals surface area contributed by atoms with Crippen LogP contribution < -0.4 is 0 Å². The molecule has 0 N–H and O–H groups in total. The molecule has 1 saturated heterocycles. The Bertz CT molecular complexity index is 763. The summed E-state index contributed by atoms with van der Waals surface area (Å²) in [5.41, 5.74) is 0.697. The van der Waals surface area contributed by atoms with Crippen molar-refractivity contribution in [1.82, 2.24) is 4.90 Å². The number of likely N-dealkylation sites (tertiary alicyclic amines) is 1. The molecule has 1 aliphatic rings. The second kappa shape index (κ2) is 6.28. The molecule has 1 aromatic carbocycles. The third-order valence-corrected chi connectivity index (χ3v) is 5.66. The van der Waals surface area contributed by atoms with Crippen LogP contribution in [0, 0.1) is 18.7 Å². The van der Waals surface area contributed by atoms with Gasteiger partial charge in [-0.3, -0.25) is 9.59 Å². The summed E-state index contributed by atoms with van der Waals surface area (Å²) < 4.78 is 19.5. The van der Waals surface area contributed by atoms with Gasteiger partial charge in [-0.2, -0.15) is 0 Å². The average Bonchev–Trinajstić information content (AvgIpc) is 2.92. The number of esters is 1. The Kier molecular flexibility index (Phi) is 4.35. The number of halogens is 1.